The third kappa shape index (κ3) is 4.58. The van der Waals surface area contributed by atoms with Gasteiger partial charge in [0.25, 0.3) is 0 Å². The molecule has 1 heterocycles. The zero-order valence-electron chi connectivity index (χ0n) is 18.0. The van der Waals surface area contributed by atoms with Crippen LogP contribution in [0.15, 0.2) is 75.7 Å². The van der Waals surface area contributed by atoms with Crippen molar-refractivity contribution in [2.45, 2.75) is 43.2 Å². The van der Waals surface area contributed by atoms with Gasteiger partial charge in [0, 0.05) is 0 Å². The van der Waals surface area contributed by atoms with Crippen LogP contribution in [0.4, 0.5) is 0 Å². The molecule has 3 aromatic rings. The van der Waals surface area contributed by atoms with Gasteiger partial charge in [-0.25, -0.2) is 0 Å². The average Bonchev–Trinajstić information content (AvgIpc) is 3.42. The van der Waals surface area contributed by atoms with Crippen LogP contribution < -0.4 is 24.8 Å². The third-order valence-electron chi connectivity index (χ3n) is 6.21. The van der Waals surface area contributed by atoms with Crippen LogP contribution in [0.2, 0.25) is 0 Å². The minimum atomic E-state index is -1.07. The molecule has 0 amide bonds. The van der Waals surface area contributed by atoms with Gasteiger partial charge in [0.15, 0.2) is 0 Å². The Kier molecular flexibility index (Phi) is 8.24. The smallest absolute Gasteiger partial charge is 1.00 e. The van der Waals surface area contributed by atoms with E-state index in [4.69, 9.17) is 0 Å². The maximum absolute atomic E-state index is 2.54. The molecule has 0 saturated heterocycles. The van der Waals surface area contributed by atoms with Gasteiger partial charge >= 0.3 is 186 Å². The van der Waals surface area contributed by atoms with E-state index in [1.807, 2.05) is 3.33 Å². The van der Waals surface area contributed by atoms with E-state index in [0.29, 0.717) is 3.67 Å². The first-order chi connectivity index (χ1) is 14.3. The SMILES string of the molecule is CCCCC1=[C]([Hf+2][CH]2C(n3c(C)cc4ccccc43)=Cc3ccccc32)CC=C1.[Cl-].[Cl-]. The van der Waals surface area contributed by atoms with Crippen molar-refractivity contribution in [1.29, 1.82) is 0 Å². The minimum Gasteiger partial charge on any atom is -1.00 e. The van der Waals surface area contributed by atoms with Crippen LogP contribution in [0.5, 0.6) is 0 Å². The number of hydrogen-bond donors (Lipinski definition) is 0. The minimum absolute atomic E-state index is 0. The molecular formula is C27H27Cl2HfN. The van der Waals surface area contributed by atoms with E-state index in [-0.39, 0.29) is 24.8 Å². The van der Waals surface area contributed by atoms with Crippen molar-refractivity contribution in [3.05, 3.63) is 92.5 Å². The maximum atomic E-state index is 2.54. The van der Waals surface area contributed by atoms with Crippen molar-refractivity contribution >= 4 is 22.7 Å². The van der Waals surface area contributed by atoms with Gasteiger partial charge in [-0.05, 0) is 0 Å². The van der Waals surface area contributed by atoms with Crippen LogP contribution in [0, 0.1) is 6.92 Å². The molecule has 0 N–H and O–H groups in total. The van der Waals surface area contributed by atoms with Crippen LogP contribution in [0.25, 0.3) is 22.7 Å². The summed E-state index contributed by atoms with van der Waals surface area (Å²) in [4.78, 5) is 0. The zero-order valence-corrected chi connectivity index (χ0v) is 23.1. The van der Waals surface area contributed by atoms with Crippen molar-refractivity contribution in [3.8, 4) is 0 Å². The monoisotopic (exact) mass is 615 g/mol. The molecule has 0 spiro atoms. The zero-order chi connectivity index (χ0) is 19.8. The number of halogens is 2. The fourth-order valence-corrected chi connectivity index (χ4v) is 11.1. The Labute approximate surface area is 209 Å². The van der Waals surface area contributed by atoms with Crippen molar-refractivity contribution < 1.29 is 47.7 Å². The van der Waals surface area contributed by atoms with Gasteiger partial charge < -0.3 is 24.8 Å². The van der Waals surface area contributed by atoms with Crippen LogP contribution in [-0.4, -0.2) is 4.57 Å². The summed E-state index contributed by atoms with van der Waals surface area (Å²) in [5, 5.41) is 1.35. The number of fused-ring (bicyclic) bond motifs is 2. The van der Waals surface area contributed by atoms with Gasteiger partial charge in [-0.3, -0.25) is 0 Å². The first-order valence-corrected chi connectivity index (χ1v) is 14.7. The van der Waals surface area contributed by atoms with Gasteiger partial charge in [0.05, 0.1) is 0 Å². The second-order valence-corrected chi connectivity index (χ2v) is 13.4. The fourth-order valence-electron chi connectivity index (χ4n) is 4.77. The van der Waals surface area contributed by atoms with Gasteiger partial charge in [-0.15, -0.1) is 0 Å². The first-order valence-electron chi connectivity index (χ1n) is 10.8. The maximum Gasteiger partial charge on any atom is -1.00 e. The number of para-hydroxylation sites is 1. The molecule has 1 aromatic heterocycles. The summed E-state index contributed by atoms with van der Waals surface area (Å²) in [6.45, 7) is 4.56. The normalized spacial score (nSPS) is 16.6. The Hall–Kier alpha value is -1.35. The number of allylic oxidation sites excluding steroid dienone is 5. The number of aromatic nitrogens is 1. The molecule has 1 nitrogen and oxygen atoms in total. The summed E-state index contributed by atoms with van der Waals surface area (Å²) < 4.78 is 4.99. The van der Waals surface area contributed by atoms with Crippen molar-refractivity contribution in [1.82, 2.24) is 4.57 Å². The summed E-state index contributed by atoms with van der Waals surface area (Å²) in [6, 6.07) is 20.3. The van der Waals surface area contributed by atoms with E-state index < -0.39 is 22.9 Å². The van der Waals surface area contributed by atoms with Crippen LogP contribution in [0.1, 0.15) is 53.1 Å². The Bertz CT molecular complexity index is 1170. The first kappa shape index (κ1) is 24.3. The molecule has 31 heavy (non-hydrogen) atoms. The molecule has 158 valence electrons. The van der Waals surface area contributed by atoms with Crippen molar-refractivity contribution in [3.63, 3.8) is 0 Å². The van der Waals surface area contributed by atoms with Gasteiger partial charge in [-0.1, -0.05) is 0 Å². The second kappa shape index (κ2) is 10.5. The van der Waals surface area contributed by atoms with Crippen LogP contribution in [0.3, 0.4) is 0 Å². The molecule has 0 aliphatic heterocycles. The van der Waals surface area contributed by atoms with Crippen LogP contribution >= 0.6 is 0 Å². The molecule has 1 unspecified atom stereocenters. The van der Waals surface area contributed by atoms with E-state index >= 15 is 0 Å². The van der Waals surface area contributed by atoms with E-state index in [1.54, 1.807) is 11.1 Å². The largest absolute Gasteiger partial charge is 1.00 e. The topological polar surface area (TPSA) is 4.93 Å². The molecular weight excluding hydrogens is 588 g/mol. The molecule has 1 atom stereocenters. The van der Waals surface area contributed by atoms with E-state index in [2.05, 4.69) is 91.2 Å². The predicted octanol–water partition coefficient (Wildman–Crippen LogP) is 1.50. The number of nitrogens with zero attached hydrogens (tertiary/aromatic N) is 1. The summed E-state index contributed by atoms with van der Waals surface area (Å²) in [5.74, 6) is 0. The molecule has 0 radical (unpaired) electrons. The predicted molar refractivity (Wildman–Crippen MR) is 120 cm³/mol. The molecule has 2 aromatic carbocycles. The third-order valence-corrected chi connectivity index (χ3v) is 12.6. The number of unbranched alkanes of at least 4 members (excludes halogenated alkanes) is 1. The molecule has 2 aliphatic rings. The molecule has 0 saturated carbocycles. The van der Waals surface area contributed by atoms with Gasteiger partial charge in [0.1, 0.15) is 0 Å². The fraction of sp³-hybridized carbons (Fsp3) is 0.259. The Morgan fingerprint density at radius 1 is 1.03 bits per heavy atom. The molecule has 4 heteroatoms. The molecule has 5 rings (SSSR count). The van der Waals surface area contributed by atoms with Crippen LogP contribution in [-0.2, 0) is 22.9 Å². The summed E-state index contributed by atoms with van der Waals surface area (Å²) in [5.41, 5.74) is 8.89. The standard InChI is InChI=1S/C18H14N.C9H13.2ClH.Hf/c1-13-10-16-8-4-5-9-18(16)19(13)17-11-14-6-2-3-7-15(14)12-17;1-2-3-6-9-7-4-5-8-9;;;/h2-12H,1H3;4,7H,2-3,5-6H2,1H3;2*1H;/q;;;;+2/p-2. The molecule has 0 bridgehead atoms. The molecule has 0 fully saturated rings. The summed E-state index contributed by atoms with van der Waals surface area (Å²) in [6.07, 6.45) is 12.4. The summed E-state index contributed by atoms with van der Waals surface area (Å²) in [7, 11) is 0. The number of hydrogen-bond acceptors (Lipinski definition) is 0. The second-order valence-electron chi connectivity index (χ2n) is 8.17. The van der Waals surface area contributed by atoms with Gasteiger partial charge in [-0.2, -0.15) is 0 Å². The molecule has 2 aliphatic carbocycles. The Morgan fingerprint density at radius 3 is 2.65 bits per heavy atom. The number of aryl methyl sites for hydroxylation is 1. The van der Waals surface area contributed by atoms with E-state index in [9.17, 15) is 0 Å². The van der Waals surface area contributed by atoms with Crippen molar-refractivity contribution in [2.75, 3.05) is 0 Å². The average molecular weight is 615 g/mol. The van der Waals surface area contributed by atoms with E-state index in [0.717, 1.165) is 0 Å². The Balaban J connectivity index is 0.00000136. The Morgan fingerprint density at radius 2 is 1.81 bits per heavy atom. The quantitative estimate of drug-likeness (QED) is 0.371. The van der Waals surface area contributed by atoms with Crippen molar-refractivity contribution in [2.24, 2.45) is 0 Å². The number of rotatable bonds is 6. The van der Waals surface area contributed by atoms with E-state index in [1.165, 1.54) is 53.5 Å². The van der Waals surface area contributed by atoms with Gasteiger partial charge in [0.2, 0.25) is 0 Å². The number of benzene rings is 2. The summed E-state index contributed by atoms with van der Waals surface area (Å²) >= 11 is -1.07.